The highest BCUT2D eigenvalue weighted by Gasteiger charge is 2.18. The van der Waals surface area contributed by atoms with E-state index in [0.717, 1.165) is 29.7 Å². The topological polar surface area (TPSA) is 72.4 Å². The summed E-state index contributed by atoms with van der Waals surface area (Å²) in [5.74, 6) is 0.515. The number of hydrogen-bond acceptors (Lipinski definition) is 6. The Morgan fingerprint density at radius 1 is 0.889 bits per heavy atom. The summed E-state index contributed by atoms with van der Waals surface area (Å²) in [5, 5.41) is 8.96. The first-order valence-corrected chi connectivity index (χ1v) is 8.92. The molecule has 2 heterocycles. The highest BCUT2D eigenvalue weighted by atomic mass is 16.4. The molecule has 0 saturated carbocycles. The maximum atomic E-state index is 12.5. The van der Waals surface area contributed by atoms with Gasteiger partial charge >= 0.3 is 5.63 Å². The zero-order valence-electron chi connectivity index (χ0n) is 15.2. The van der Waals surface area contributed by atoms with Crippen LogP contribution in [-0.4, -0.2) is 23.3 Å². The van der Waals surface area contributed by atoms with Crippen LogP contribution in [0, 0.1) is 0 Å². The summed E-state index contributed by atoms with van der Waals surface area (Å²) >= 11 is 0. The molecule has 6 nitrogen and oxygen atoms in total. The lowest BCUT2D eigenvalue weighted by atomic mass is 10.1. The van der Waals surface area contributed by atoms with Crippen molar-refractivity contribution in [1.29, 1.82) is 0 Å². The minimum Gasteiger partial charge on any atom is -0.422 e. The van der Waals surface area contributed by atoms with E-state index in [1.54, 1.807) is 12.1 Å². The molecular formula is C21H19N3O3. The van der Waals surface area contributed by atoms with Crippen molar-refractivity contribution in [2.24, 2.45) is 0 Å². The molecule has 136 valence electrons. The highest BCUT2D eigenvalue weighted by Crippen LogP contribution is 2.30. The van der Waals surface area contributed by atoms with Crippen molar-refractivity contribution in [2.75, 3.05) is 18.0 Å². The van der Waals surface area contributed by atoms with Gasteiger partial charge in [0.15, 0.2) is 0 Å². The fourth-order valence-corrected chi connectivity index (χ4v) is 3.14. The van der Waals surface area contributed by atoms with Crippen molar-refractivity contribution in [3.63, 3.8) is 0 Å². The molecule has 0 saturated heterocycles. The average Bonchev–Trinajstić information content (AvgIpc) is 3.19. The Labute approximate surface area is 156 Å². The van der Waals surface area contributed by atoms with Crippen molar-refractivity contribution >= 4 is 16.7 Å². The Balaban J connectivity index is 1.85. The molecule has 0 aliphatic heterocycles. The normalized spacial score (nSPS) is 11.0. The third-order valence-electron chi connectivity index (χ3n) is 4.53. The molecule has 0 N–H and O–H groups in total. The monoisotopic (exact) mass is 361 g/mol. The van der Waals surface area contributed by atoms with Crippen LogP contribution in [0.15, 0.2) is 68.2 Å². The fraction of sp³-hybridized carbons (Fsp3) is 0.190. The van der Waals surface area contributed by atoms with Gasteiger partial charge in [0.05, 0.1) is 0 Å². The minimum atomic E-state index is -0.498. The number of rotatable bonds is 5. The van der Waals surface area contributed by atoms with Crippen molar-refractivity contribution < 1.29 is 8.83 Å². The predicted octanol–water partition coefficient (Wildman–Crippen LogP) is 4.36. The van der Waals surface area contributed by atoms with Crippen LogP contribution in [0.5, 0.6) is 0 Å². The lowest BCUT2D eigenvalue weighted by Gasteiger charge is -2.22. The average molecular weight is 361 g/mol. The number of anilines is 1. The zero-order valence-corrected chi connectivity index (χ0v) is 15.2. The Morgan fingerprint density at radius 2 is 1.63 bits per heavy atom. The number of benzene rings is 2. The molecule has 27 heavy (non-hydrogen) atoms. The van der Waals surface area contributed by atoms with Gasteiger partial charge in [-0.05, 0) is 44.2 Å². The van der Waals surface area contributed by atoms with Crippen molar-refractivity contribution in [1.82, 2.24) is 10.2 Å². The summed E-state index contributed by atoms with van der Waals surface area (Å²) in [7, 11) is 0. The Bertz CT molecular complexity index is 1130. The van der Waals surface area contributed by atoms with Crippen molar-refractivity contribution in [3.05, 3.63) is 65.0 Å². The second-order valence-electron chi connectivity index (χ2n) is 6.09. The molecule has 0 aliphatic carbocycles. The summed E-state index contributed by atoms with van der Waals surface area (Å²) in [4.78, 5) is 14.7. The minimum absolute atomic E-state index is 0.152. The summed E-state index contributed by atoms with van der Waals surface area (Å²) in [6.45, 7) is 5.88. The highest BCUT2D eigenvalue weighted by molar-refractivity contribution is 5.92. The van der Waals surface area contributed by atoms with Crippen LogP contribution >= 0.6 is 0 Å². The first-order valence-electron chi connectivity index (χ1n) is 8.92. The zero-order chi connectivity index (χ0) is 18.8. The molecule has 0 radical (unpaired) electrons. The molecule has 0 unspecified atom stereocenters. The van der Waals surface area contributed by atoms with Gasteiger partial charge in [0.2, 0.25) is 5.89 Å². The number of nitrogens with zero attached hydrogens (tertiary/aromatic N) is 3. The van der Waals surface area contributed by atoms with Gasteiger partial charge in [-0.1, -0.05) is 24.3 Å². The summed E-state index contributed by atoms with van der Waals surface area (Å²) in [6.07, 6.45) is 0. The molecule has 0 aliphatic rings. The van der Waals surface area contributed by atoms with Gasteiger partial charge in [0, 0.05) is 29.7 Å². The molecule has 0 spiro atoms. The molecular weight excluding hydrogens is 342 g/mol. The molecule has 0 atom stereocenters. The van der Waals surface area contributed by atoms with Gasteiger partial charge in [-0.15, -0.1) is 10.2 Å². The molecule has 6 heteroatoms. The lowest BCUT2D eigenvalue weighted by molar-refractivity contribution is 0.547. The van der Waals surface area contributed by atoms with E-state index in [-0.39, 0.29) is 11.5 Å². The summed E-state index contributed by atoms with van der Waals surface area (Å²) in [6, 6.07) is 16.9. The first-order chi connectivity index (χ1) is 13.2. The standard InChI is InChI=1S/C21H19N3O3/c1-3-24(4-2)17-11-8-12-18-15(17)13-16(21(25)26-18)20-23-22-19(27-20)14-9-6-5-7-10-14/h5-13H,3-4H2,1-2H3. The van der Waals surface area contributed by atoms with E-state index in [0.29, 0.717) is 11.5 Å². The fourth-order valence-electron chi connectivity index (χ4n) is 3.14. The molecule has 2 aromatic carbocycles. The van der Waals surface area contributed by atoms with E-state index in [1.165, 1.54) is 0 Å². The van der Waals surface area contributed by atoms with Gasteiger partial charge in [-0.25, -0.2) is 4.79 Å². The molecule has 2 aromatic heterocycles. The van der Waals surface area contributed by atoms with E-state index in [4.69, 9.17) is 8.83 Å². The van der Waals surface area contributed by atoms with Crippen molar-refractivity contribution in [2.45, 2.75) is 13.8 Å². The maximum Gasteiger partial charge on any atom is 0.349 e. The van der Waals surface area contributed by atoms with Gasteiger partial charge in [0.25, 0.3) is 5.89 Å². The van der Waals surface area contributed by atoms with E-state index in [9.17, 15) is 4.79 Å². The smallest absolute Gasteiger partial charge is 0.349 e. The van der Waals surface area contributed by atoms with Gasteiger partial charge < -0.3 is 13.7 Å². The molecule has 0 fully saturated rings. The largest absolute Gasteiger partial charge is 0.422 e. The molecule has 4 rings (SSSR count). The van der Waals surface area contributed by atoms with Crippen LogP contribution < -0.4 is 10.5 Å². The van der Waals surface area contributed by atoms with Crippen LogP contribution in [0.3, 0.4) is 0 Å². The van der Waals surface area contributed by atoms with Crippen LogP contribution in [-0.2, 0) is 0 Å². The number of aromatic nitrogens is 2. The van der Waals surface area contributed by atoms with Crippen LogP contribution in [0.1, 0.15) is 13.8 Å². The van der Waals surface area contributed by atoms with E-state index >= 15 is 0 Å². The quantitative estimate of drug-likeness (QED) is 0.492. The lowest BCUT2D eigenvalue weighted by Crippen LogP contribution is -2.22. The van der Waals surface area contributed by atoms with Gasteiger partial charge in [-0.3, -0.25) is 0 Å². The molecule has 4 aromatic rings. The third kappa shape index (κ3) is 3.10. The first kappa shape index (κ1) is 17.0. The Morgan fingerprint density at radius 3 is 2.37 bits per heavy atom. The van der Waals surface area contributed by atoms with E-state index in [2.05, 4.69) is 28.9 Å². The SMILES string of the molecule is CCN(CC)c1cccc2oc(=O)c(-c3nnc(-c4ccccc4)o3)cc12. The van der Waals surface area contributed by atoms with Crippen molar-refractivity contribution in [3.8, 4) is 22.9 Å². The Hall–Kier alpha value is -3.41. The van der Waals surface area contributed by atoms with Crippen LogP contribution in [0.4, 0.5) is 5.69 Å². The third-order valence-corrected chi connectivity index (χ3v) is 4.53. The van der Waals surface area contributed by atoms with Gasteiger partial charge in [0.1, 0.15) is 11.1 Å². The number of fused-ring (bicyclic) bond motifs is 1. The van der Waals surface area contributed by atoms with Crippen LogP contribution in [0.25, 0.3) is 33.9 Å². The van der Waals surface area contributed by atoms with E-state index < -0.39 is 5.63 Å². The second kappa shape index (κ2) is 7.07. The number of hydrogen-bond donors (Lipinski definition) is 0. The maximum absolute atomic E-state index is 12.5. The van der Waals surface area contributed by atoms with Gasteiger partial charge in [-0.2, -0.15) is 0 Å². The summed E-state index contributed by atoms with van der Waals surface area (Å²) < 4.78 is 11.3. The molecule has 0 bridgehead atoms. The summed E-state index contributed by atoms with van der Waals surface area (Å²) in [5.41, 5.74) is 2.10. The van der Waals surface area contributed by atoms with E-state index in [1.807, 2.05) is 42.5 Å². The second-order valence-corrected chi connectivity index (χ2v) is 6.09. The molecule has 0 amide bonds. The predicted molar refractivity (Wildman–Crippen MR) is 105 cm³/mol. The Kier molecular flexibility index (Phi) is 4.46. The van der Waals surface area contributed by atoms with Crippen LogP contribution in [0.2, 0.25) is 0 Å².